The third kappa shape index (κ3) is 5.41. The van der Waals surface area contributed by atoms with Crippen molar-refractivity contribution in [3.8, 4) is 11.5 Å². The van der Waals surface area contributed by atoms with Crippen molar-refractivity contribution in [2.75, 3.05) is 19.5 Å². The van der Waals surface area contributed by atoms with Crippen molar-refractivity contribution in [2.45, 2.75) is 6.18 Å². The quantitative estimate of drug-likeness (QED) is 0.677. The summed E-state index contributed by atoms with van der Waals surface area (Å²) in [6, 6.07) is 5.37. The lowest BCUT2D eigenvalue weighted by molar-refractivity contribution is -0.137. The number of alkyl halides is 3. The molecule has 2 rings (SSSR count). The lowest BCUT2D eigenvalue weighted by atomic mass is 10.1. The minimum Gasteiger partial charge on any atom is -0.493 e. The molecule has 0 heterocycles. The molecule has 10 heteroatoms. The minimum atomic E-state index is -4.55. The van der Waals surface area contributed by atoms with Crippen molar-refractivity contribution >= 4 is 35.2 Å². The van der Waals surface area contributed by atoms with E-state index in [0.717, 1.165) is 30.4 Å². The number of primary amides is 1. The number of ether oxygens (including phenoxy) is 2. The van der Waals surface area contributed by atoms with Gasteiger partial charge in [-0.1, -0.05) is 11.6 Å². The summed E-state index contributed by atoms with van der Waals surface area (Å²) < 4.78 is 48.7. The van der Waals surface area contributed by atoms with Gasteiger partial charge in [0.25, 0.3) is 5.91 Å². The van der Waals surface area contributed by atoms with Crippen LogP contribution >= 0.6 is 11.6 Å². The Kier molecular flexibility index (Phi) is 6.76. The van der Waals surface area contributed by atoms with Gasteiger partial charge in [0.1, 0.15) is 0 Å². The Balaban J connectivity index is 2.31. The molecule has 0 aromatic heterocycles. The van der Waals surface area contributed by atoms with E-state index in [-0.39, 0.29) is 33.3 Å². The lowest BCUT2D eigenvalue weighted by Crippen LogP contribution is -2.17. The second kappa shape index (κ2) is 8.87. The van der Waals surface area contributed by atoms with Gasteiger partial charge in [0.2, 0.25) is 5.91 Å². The maximum absolute atomic E-state index is 12.8. The van der Waals surface area contributed by atoms with Crippen LogP contribution in [0.2, 0.25) is 5.02 Å². The van der Waals surface area contributed by atoms with Crippen LogP contribution in [0.4, 0.5) is 18.9 Å². The molecule has 0 spiro atoms. The summed E-state index contributed by atoms with van der Waals surface area (Å²) in [5.74, 6) is -1.09. The molecule has 0 radical (unpaired) electrons. The highest BCUT2D eigenvalue weighted by atomic mass is 35.5. The Morgan fingerprint density at radius 2 is 1.72 bits per heavy atom. The molecule has 2 aromatic carbocycles. The van der Waals surface area contributed by atoms with Gasteiger partial charge in [-0.2, -0.15) is 13.2 Å². The third-order valence-electron chi connectivity index (χ3n) is 3.78. The number of nitrogens with one attached hydrogen (secondary N) is 1. The van der Waals surface area contributed by atoms with E-state index < -0.39 is 23.6 Å². The predicted octanol–water partition coefficient (Wildman–Crippen LogP) is 4.13. The van der Waals surface area contributed by atoms with Crippen molar-refractivity contribution < 1.29 is 32.2 Å². The molecule has 2 aromatic rings. The lowest BCUT2D eigenvalue weighted by Gasteiger charge is -2.13. The SMILES string of the molecule is COc1cc(NC(=O)/C=C/c2cc(C(F)(F)F)ccc2Cl)c(C(N)=O)cc1OC. The van der Waals surface area contributed by atoms with Gasteiger partial charge in [0, 0.05) is 17.2 Å². The summed E-state index contributed by atoms with van der Waals surface area (Å²) in [6.45, 7) is 0. The topological polar surface area (TPSA) is 90.6 Å². The zero-order valence-electron chi connectivity index (χ0n) is 15.3. The first-order valence-electron chi connectivity index (χ1n) is 7.98. The van der Waals surface area contributed by atoms with Crippen molar-refractivity contribution in [2.24, 2.45) is 5.73 Å². The number of halogens is 4. The number of carbonyl (C=O) groups excluding carboxylic acids is 2. The number of anilines is 1. The Labute approximate surface area is 169 Å². The molecule has 0 saturated carbocycles. The molecular formula is C19H16ClF3N2O4. The van der Waals surface area contributed by atoms with Gasteiger partial charge in [-0.25, -0.2) is 0 Å². The molecule has 0 atom stereocenters. The predicted molar refractivity (Wildman–Crippen MR) is 102 cm³/mol. The first-order valence-corrected chi connectivity index (χ1v) is 8.36. The van der Waals surface area contributed by atoms with Crippen LogP contribution in [0.3, 0.4) is 0 Å². The number of benzene rings is 2. The van der Waals surface area contributed by atoms with Crippen LogP contribution in [0, 0.1) is 0 Å². The van der Waals surface area contributed by atoms with E-state index >= 15 is 0 Å². The van der Waals surface area contributed by atoms with E-state index in [1.54, 1.807) is 0 Å². The average Bonchev–Trinajstić information content (AvgIpc) is 2.65. The number of nitrogens with two attached hydrogens (primary N) is 1. The van der Waals surface area contributed by atoms with Crippen molar-refractivity contribution in [1.82, 2.24) is 0 Å². The van der Waals surface area contributed by atoms with Crippen molar-refractivity contribution in [3.05, 3.63) is 58.1 Å². The molecule has 6 nitrogen and oxygen atoms in total. The Hall–Kier alpha value is -3.20. The number of rotatable bonds is 6. The highest BCUT2D eigenvalue weighted by Crippen LogP contribution is 2.34. The molecule has 2 amide bonds. The molecule has 0 unspecified atom stereocenters. The standard InChI is InChI=1S/C19H16ClF3N2O4/c1-28-15-8-12(18(24)27)14(9-16(15)29-2)25-17(26)6-3-10-7-11(19(21,22)23)4-5-13(10)20/h3-9H,1-2H3,(H2,24,27)(H,25,26)/b6-3+. The fraction of sp³-hybridized carbons (Fsp3) is 0.158. The summed E-state index contributed by atoms with van der Waals surface area (Å²) in [6.07, 6.45) is -2.45. The molecule has 154 valence electrons. The zero-order chi connectivity index (χ0) is 21.8. The number of carbonyl (C=O) groups is 2. The average molecular weight is 429 g/mol. The summed E-state index contributed by atoms with van der Waals surface area (Å²) in [5, 5.41) is 2.46. The highest BCUT2D eigenvalue weighted by Gasteiger charge is 2.30. The number of methoxy groups -OCH3 is 2. The second-order valence-electron chi connectivity index (χ2n) is 5.67. The van der Waals surface area contributed by atoms with Crippen molar-refractivity contribution in [3.63, 3.8) is 0 Å². The molecule has 0 aliphatic carbocycles. The summed E-state index contributed by atoms with van der Waals surface area (Å²) in [5.41, 5.74) is 4.41. The van der Waals surface area contributed by atoms with Gasteiger partial charge in [-0.3, -0.25) is 9.59 Å². The largest absolute Gasteiger partial charge is 0.493 e. The highest BCUT2D eigenvalue weighted by molar-refractivity contribution is 6.32. The molecule has 0 bridgehead atoms. The van der Waals surface area contributed by atoms with Crippen LogP contribution < -0.4 is 20.5 Å². The van der Waals surface area contributed by atoms with Crippen LogP contribution in [0.25, 0.3) is 6.08 Å². The van der Waals surface area contributed by atoms with E-state index in [2.05, 4.69) is 5.32 Å². The maximum atomic E-state index is 12.8. The zero-order valence-corrected chi connectivity index (χ0v) is 16.0. The summed E-state index contributed by atoms with van der Waals surface area (Å²) >= 11 is 5.89. The van der Waals surface area contributed by atoms with Gasteiger partial charge in [-0.05, 0) is 35.9 Å². The Bertz CT molecular complexity index is 975. The minimum absolute atomic E-state index is 0.000854. The monoisotopic (exact) mass is 428 g/mol. The molecule has 29 heavy (non-hydrogen) atoms. The fourth-order valence-electron chi connectivity index (χ4n) is 2.37. The summed E-state index contributed by atoms with van der Waals surface area (Å²) in [7, 11) is 2.73. The number of amides is 2. The van der Waals surface area contributed by atoms with Gasteiger partial charge in [0.15, 0.2) is 11.5 Å². The van der Waals surface area contributed by atoms with Gasteiger partial charge >= 0.3 is 6.18 Å². The van der Waals surface area contributed by atoms with E-state index in [4.69, 9.17) is 26.8 Å². The van der Waals surface area contributed by atoms with E-state index in [1.165, 1.54) is 26.4 Å². The van der Waals surface area contributed by atoms with E-state index in [1.807, 2.05) is 0 Å². The summed E-state index contributed by atoms with van der Waals surface area (Å²) in [4.78, 5) is 23.9. The third-order valence-corrected chi connectivity index (χ3v) is 4.13. The number of hydrogen-bond donors (Lipinski definition) is 2. The maximum Gasteiger partial charge on any atom is 0.416 e. The van der Waals surface area contributed by atoms with Crippen molar-refractivity contribution in [1.29, 1.82) is 0 Å². The molecule has 0 aliphatic rings. The van der Waals surface area contributed by atoms with Crippen LogP contribution in [-0.2, 0) is 11.0 Å². The van der Waals surface area contributed by atoms with Gasteiger partial charge in [0.05, 0.1) is 31.0 Å². The first-order chi connectivity index (χ1) is 13.6. The van der Waals surface area contributed by atoms with E-state index in [0.29, 0.717) is 0 Å². The molecule has 0 aliphatic heterocycles. The van der Waals surface area contributed by atoms with E-state index in [9.17, 15) is 22.8 Å². The molecular weight excluding hydrogens is 413 g/mol. The Morgan fingerprint density at radius 3 is 2.28 bits per heavy atom. The molecule has 0 saturated heterocycles. The Morgan fingerprint density at radius 1 is 1.10 bits per heavy atom. The smallest absolute Gasteiger partial charge is 0.416 e. The fourth-order valence-corrected chi connectivity index (χ4v) is 2.55. The number of hydrogen-bond acceptors (Lipinski definition) is 4. The van der Waals surface area contributed by atoms with Crippen LogP contribution in [0.5, 0.6) is 11.5 Å². The van der Waals surface area contributed by atoms with Crippen LogP contribution in [-0.4, -0.2) is 26.0 Å². The van der Waals surface area contributed by atoms with Crippen LogP contribution in [0.1, 0.15) is 21.5 Å². The molecule has 0 fully saturated rings. The van der Waals surface area contributed by atoms with Gasteiger partial charge in [-0.15, -0.1) is 0 Å². The first kappa shape index (κ1) is 22.1. The normalized spacial score (nSPS) is 11.4. The van der Waals surface area contributed by atoms with Crippen LogP contribution in [0.15, 0.2) is 36.4 Å². The van der Waals surface area contributed by atoms with Gasteiger partial charge < -0.3 is 20.5 Å². The second-order valence-corrected chi connectivity index (χ2v) is 6.08. The molecule has 3 N–H and O–H groups in total.